The zero-order valence-electron chi connectivity index (χ0n) is 15.0. The third-order valence-corrected chi connectivity index (χ3v) is 5.68. The second-order valence-corrected chi connectivity index (χ2v) is 8.87. The van der Waals surface area contributed by atoms with Crippen LogP contribution in [-0.4, -0.2) is 20.1 Å². The van der Waals surface area contributed by atoms with Crippen LogP contribution in [0, 0.1) is 0 Å². The first-order valence-corrected chi connectivity index (χ1v) is 9.35. The van der Waals surface area contributed by atoms with Crippen molar-refractivity contribution in [2.45, 2.75) is 23.2 Å². The lowest BCUT2D eigenvalue weighted by Gasteiger charge is -2.31. The van der Waals surface area contributed by atoms with Crippen molar-refractivity contribution in [3.05, 3.63) is 54.6 Å². The normalized spacial score (nSPS) is 12.2. The molecule has 0 N–H and O–H groups in total. The predicted octanol–water partition coefficient (Wildman–Crippen LogP) is 6.51. The minimum atomic E-state index is -1.80. The van der Waals surface area contributed by atoms with Gasteiger partial charge in [0.1, 0.15) is 0 Å². The molecule has 1 heterocycles. The molecule has 142 valence electrons. The summed E-state index contributed by atoms with van der Waals surface area (Å²) in [6.07, 6.45) is -0.950. The second-order valence-electron chi connectivity index (χ2n) is 6.58. The van der Waals surface area contributed by atoms with Gasteiger partial charge in [-0.2, -0.15) is 0 Å². The number of para-hydroxylation sites is 1. The van der Waals surface area contributed by atoms with Crippen molar-refractivity contribution in [1.29, 1.82) is 0 Å². The molecule has 7 heteroatoms. The standard InChI is InChI=1S/C20H18Cl3NO3/c1-19(2,20(21,22)23)27-18(25)26-17-16(13-9-5-4-6-10-13)14-11-7-8-12-15(14)24(17)3/h4-12H,1-3H3. The number of nitrogens with zero attached hydrogens (tertiary/aromatic N) is 1. The maximum atomic E-state index is 12.5. The van der Waals surface area contributed by atoms with Crippen LogP contribution in [0.1, 0.15) is 13.8 Å². The van der Waals surface area contributed by atoms with Crippen LogP contribution < -0.4 is 4.74 Å². The second kappa shape index (κ2) is 7.27. The summed E-state index contributed by atoms with van der Waals surface area (Å²) in [5.41, 5.74) is 1.25. The van der Waals surface area contributed by atoms with E-state index in [1.807, 2.05) is 61.6 Å². The molecule has 0 aliphatic carbocycles. The Morgan fingerprint density at radius 3 is 2.19 bits per heavy atom. The molecule has 0 saturated heterocycles. The van der Waals surface area contributed by atoms with Gasteiger partial charge in [-0.05, 0) is 25.5 Å². The van der Waals surface area contributed by atoms with Gasteiger partial charge < -0.3 is 14.0 Å². The van der Waals surface area contributed by atoms with Crippen molar-refractivity contribution < 1.29 is 14.3 Å². The molecule has 0 unspecified atom stereocenters. The quantitative estimate of drug-likeness (QED) is 0.354. The summed E-state index contributed by atoms with van der Waals surface area (Å²) in [7, 11) is 1.82. The highest BCUT2D eigenvalue weighted by Crippen LogP contribution is 2.42. The first-order valence-electron chi connectivity index (χ1n) is 8.22. The maximum Gasteiger partial charge on any atom is 0.515 e. The molecule has 0 amide bonds. The third-order valence-electron chi connectivity index (χ3n) is 4.32. The van der Waals surface area contributed by atoms with E-state index in [1.165, 1.54) is 13.8 Å². The maximum absolute atomic E-state index is 12.5. The number of hydrogen-bond donors (Lipinski definition) is 0. The van der Waals surface area contributed by atoms with Crippen LogP contribution in [0.2, 0.25) is 0 Å². The summed E-state index contributed by atoms with van der Waals surface area (Å²) >= 11 is 17.7. The number of hydrogen-bond acceptors (Lipinski definition) is 3. The molecule has 0 aliphatic rings. The molecule has 0 bridgehead atoms. The zero-order valence-corrected chi connectivity index (χ0v) is 17.3. The van der Waals surface area contributed by atoms with E-state index < -0.39 is 15.5 Å². The molecule has 0 radical (unpaired) electrons. The molecule has 0 aliphatic heterocycles. The van der Waals surface area contributed by atoms with Crippen LogP contribution in [0.15, 0.2) is 54.6 Å². The van der Waals surface area contributed by atoms with Gasteiger partial charge in [-0.3, -0.25) is 0 Å². The highest BCUT2D eigenvalue weighted by Gasteiger charge is 2.45. The molecule has 0 saturated carbocycles. The van der Waals surface area contributed by atoms with Gasteiger partial charge in [0.05, 0.1) is 11.1 Å². The summed E-state index contributed by atoms with van der Waals surface area (Å²) in [5, 5.41) is 0.953. The van der Waals surface area contributed by atoms with E-state index in [4.69, 9.17) is 44.3 Å². The van der Waals surface area contributed by atoms with Gasteiger partial charge in [0.2, 0.25) is 9.67 Å². The number of halogens is 3. The van der Waals surface area contributed by atoms with Crippen molar-refractivity contribution in [3.63, 3.8) is 0 Å². The van der Waals surface area contributed by atoms with Gasteiger partial charge in [-0.1, -0.05) is 83.3 Å². The van der Waals surface area contributed by atoms with Gasteiger partial charge in [-0.15, -0.1) is 0 Å². The number of alkyl halides is 3. The monoisotopic (exact) mass is 425 g/mol. The lowest BCUT2D eigenvalue weighted by Crippen LogP contribution is -2.42. The Bertz CT molecular complexity index is 975. The van der Waals surface area contributed by atoms with Gasteiger partial charge in [-0.25, -0.2) is 4.79 Å². The van der Waals surface area contributed by atoms with Crippen LogP contribution in [0.3, 0.4) is 0 Å². The Kier molecular flexibility index (Phi) is 5.35. The fraction of sp³-hybridized carbons (Fsp3) is 0.250. The number of rotatable bonds is 3. The Morgan fingerprint density at radius 1 is 0.963 bits per heavy atom. The molecule has 3 rings (SSSR count). The van der Waals surface area contributed by atoms with E-state index >= 15 is 0 Å². The van der Waals surface area contributed by atoms with Gasteiger partial charge in [0.15, 0.2) is 5.60 Å². The van der Waals surface area contributed by atoms with Crippen molar-refractivity contribution in [2.75, 3.05) is 0 Å². The number of carbonyl (C=O) groups is 1. The van der Waals surface area contributed by atoms with Gasteiger partial charge in [0, 0.05) is 12.4 Å². The number of benzene rings is 2. The average Bonchev–Trinajstić information content (AvgIpc) is 2.87. The third kappa shape index (κ3) is 3.88. The molecule has 27 heavy (non-hydrogen) atoms. The van der Waals surface area contributed by atoms with Gasteiger partial charge >= 0.3 is 6.16 Å². The molecule has 2 aromatic carbocycles. The van der Waals surface area contributed by atoms with Crippen LogP contribution in [0.25, 0.3) is 22.0 Å². The van der Waals surface area contributed by atoms with Crippen molar-refractivity contribution in [1.82, 2.24) is 4.57 Å². The number of aromatic nitrogens is 1. The Balaban J connectivity index is 2.04. The highest BCUT2D eigenvalue weighted by molar-refractivity contribution is 6.68. The summed E-state index contributed by atoms with van der Waals surface area (Å²) in [4.78, 5) is 12.5. The van der Waals surface area contributed by atoms with Gasteiger partial charge in [0.25, 0.3) is 0 Å². The lowest BCUT2D eigenvalue weighted by molar-refractivity contribution is 0.0103. The zero-order chi connectivity index (χ0) is 19.8. The fourth-order valence-electron chi connectivity index (χ4n) is 2.74. The molecular formula is C20H18Cl3NO3. The van der Waals surface area contributed by atoms with Crippen LogP contribution >= 0.6 is 34.8 Å². The topological polar surface area (TPSA) is 40.5 Å². The molecule has 0 atom stereocenters. The summed E-state index contributed by atoms with van der Waals surface area (Å²) < 4.78 is 10.8. The Morgan fingerprint density at radius 2 is 1.56 bits per heavy atom. The van der Waals surface area contributed by atoms with Crippen LogP contribution in [0.5, 0.6) is 5.88 Å². The van der Waals surface area contributed by atoms with E-state index in [9.17, 15) is 4.79 Å². The van der Waals surface area contributed by atoms with E-state index in [0.717, 1.165) is 22.0 Å². The first kappa shape index (κ1) is 19.9. The summed E-state index contributed by atoms with van der Waals surface area (Å²) in [5.74, 6) is 0.354. The Labute approximate surface area is 172 Å². The van der Waals surface area contributed by atoms with Crippen LogP contribution in [-0.2, 0) is 11.8 Å². The lowest BCUT2D eigenvalue weighted by atomic mass is 10.0. The highest BCUT2D eigenvalue weighted by atomic mass is 35.6. The number of fused-ring (bicyclic) bond motifs is 1. The summed E-state index contributed by atoms with van der Waals surface area (Å²) in [6.45, 7) is 3.00. The minimum absolute atomic E-state index is 0.354. The predicted molar refractivity (Wildman–Crippen MR) is 110 cm³/mol. The van der Waals surface area contributed by atoms with Crippen LogP contribution in [0.4, 0.5) is 4.79 Å². The molecule has 0 spiro atoms. The number of aryl methyl sites for hydroxylation is 1. The SMILES string of the molecule is Cn1c(OC(=O)OC(C)(C)C(Cl)(Cl)Cl)c(-c2ccccc2)c2ccccc21. The van der Waals surface area contributed by atoms with E-state index in [0.29, 0.717) is 5.88 Å². The number of carbonyl (C=O) groups excluding carboxylic acids is 1. The fourth-order valence-corrected chi connectivity index (χ4v) is 2.85. The Hall–Kier alpha value is -1.88. The van der Waals surface area contributed by atoms with Crippen molar-refractivity contribution in [2.24, 2.45) is 7.05 Å². The van der Waals surface area contributed by atoms with E-state index in [-0.39, 0.29) is 0 Å². The molecule has 0 fully saturated rings. The first-order chi connectivity index (χ1) is 12.6. The molecular weight excluding hydrogens is 409 g/mol. The van der Waals surface area contributed by atoms with Crippen molar-refractivity contribution in [3.8, 4) is 17.0 Å². The van der Waals surface area contributed by atoms with Crippen molar-refractivity contribution >= 4 is 51.9 Å². The van der Waals surface area contributed by atoms with E-state index in [1.54, 1.807) is 4.57 Å². The smallest absolute Gasteiger partial charge is 0.423 e. The summed E-state index contributed by atoms with van der Waals surface area (Å²) in [6, 6.07) is 17.4. The minimum Gasteiger partial charge on any atom is -0.423 e. The van der Waals surface area contributed by atoms with E-state index in [2.05, 4.69) is 0 Å². The average molecular weight is 427 g/mol. The molecule has 3 aromatic rings. The molecule has 1 aromatic heterocycles. The molecule has 4 nitrogen and oxygen atoms in total. The largest absolute Gasteiger partial charge is 0.515 e. The number of ether oxygens (including phenoxy) is 2.